The normalized spacial score (nSPS) is 10.4. The Balaban J connectivity index is 1.78. The average molecular weight is 322 g/mol. The van der Waals surface area contributed by atoms with Gasteiger partial charge in [0.05, 0.1) is 6.54 Å². The average Bonchev–Trinajstić information content (AvgIpc) is 3.03. The fourth-order valence-electron chi connectivity index (χ4n) is 2.34. The number of carbonyl (C=O) groups is 1. The van der Waals surface area contributed by atoms with E-state index in [1.54, 1.807) is 42.1 Å². The Morgan fingerprint density at radius 3 is 2.62 bits per heavy atom. The van der Waals surface area contributed by atoms with E-state index in [4.69, 9.17) is 4.74 Å². The van der Waals surface area contributed by atoms with Crippen LogP contribution in [0.3, 0.4) is 0 Å². The lowest BCUT2D eigenvalue weighted by Crippen LogP contribution is -2.28. The third kappa shape index (κ3) is 3.43. The van der Waals surface area contributed by atoms with Crippen LogP contribution in [0.25, 0.3) is 0 Å². The van der Waals surface area contributed by atoms with E-state index in [0.29, 0.717) is 23.9 Å². The molecule has 0 unspecified atom stereocenters. The van der Waals surface area contributed by atoms with Gasteiger partial charge in [-0.3, -0.25) is 9.48 Å². The third-order valence-corrected chi connectivity index (χ3v) is 3.60. The van der Waals surface area contributed by atoms with Crippen LogP contribution < -0.4 is 4.74 Å². The van der Waals surface area contributed by atoms with Crippen molar-refractivity contribution in [2.75, 3.05) is 7.05 Å². The number of hydrogen-bond acceptors (Lipinski definition) is 4. The fourth-order valence-corrected chi connectivity index (χ4v) is 2.34. The maximum absolute atomic E-state index is 12.5. The Bertz CT molecular complexity index is 830. The van der Waals surface area contributed by atoms with Crippen LogP contribution in [0.1, 0.15) is 16.1 Å². The molecule has 0 aliphatic heterocycles. The van der Waals surface area contributed by atoms with Crippen molar-refractivity contribution < 1.29 is 9.53 Å². The van der Waals surface area contributed by atoms with Gasteiger partial charge >= 0.3 is 0 Å². The molecule has 1 amide bonds. The number of benzene rings is 1. The van der Waals surface area contributed by atoms with Crippen molar-refractivity contribution in [2.45, 2.75) is 6.54 Å². The van der Waals surface area contributed by atoms with E-state index in [-0.39, 0.29) is 5.91 Å². The quantitative estimate of drug-likeness (QED) is 0.725. The number of rotatable bonds is 5. The molecule has 1 aromatic carbocycles. The summed E-state index contributed by atoms with van der Waals surface area (Å²) in [5, 5.41) is 4.03. The fraction of sp³-hybridized carbons (Fsp3) is 0.167. The molecular formula is C18H18N4O2. The summed E-state index contributed by atoms with van der Waals surface area (Å²) in [4.78, 5) is 18.4. The van der Waals surface area contributed by atoms with E-state index >= 15 is 0 Å². The number of aromatic nitrogens is 3. The van der Waals surface area contributed by atoms with Gasteiger partial charge in [0.25, 0.3) is 5.91 Å². The first-order valence-electron chi connectivity index (χ1n) is 7.55. The smallest absolute Gasteiger partial charge is 0.272 e. The molecule has 0 atom stereocenters. The highest BCUT2D eigenvalue weighted by Crippen LogP contribution is 2.23. The minimum Gasteiger partial charge on any atom is -0.439 e. The summed E-state index contributed by atoms with van der Waals surface area (Å²) in [6.07, 6.45) is 3.28. The Hall–Kier alpha value is -3.15. The second kappa shape index (κ2) is 6.95. The molecule has 0 aliphatic rings. The van der Waals surface area contributed by atoms with Crippen LogP contribution in [0.15, 0.2) is 60.9 Å². The second-order valence-corrected chi connectivity index (χ2v) is 5.38. The highest BCUT2D eigenvalue weighted by Gasteiger charge is 2.17. The zero-order valence-corrected chi connectivity index (χ0v) is 13.6. The van der Waals surface area contributed by atoms with E-state index in [9.17, 15) is 4.79 Å². The predicted molar refractivity (Wildman–Crippen MR) is 89.8 cm³/mol. The van der Waals surface area contributed by atoms with Crippen molar-refractivity contribution in [2.24, 2.45) is 7.05 Å². The first kappa shape index (κ1) is 15.7. The molecular weight excluding hydrogens is 304 g/mol. The summed E-state index contributed by atoms with van der Waals surface area (Å²) in [6.45, 7) is 0.389. The van der Waals surface area contributed by atoms with E-state index in [1.807, 2.05) is 42.5 Å². The molecule has 24 heavy (non-hydrogen) atoms. The molecule has 2 heterocycles. The Morgan fingerprint density at radius 1 is 1.12 bits per heavy atom. The maximum atomic E-state index is 12.5. The Morgan fingerprint density at radius 2 is 1.92 bits per heavy atom. The van der Waals surface area contributed by atoms with Crippen LogP contribution in [0.4, 0.5) is 0 Å². The summed E-state index contributed by atoms with van der Waals surface area (Å²) in [5.74, 6) is 1.09. The number of aryl methyl sites for hydroxylation is 1. The van der Waals surface area contributed by atoms with Gasteiger partial charge in [-0.15, -0.1) is 0 Å². The zero-order valence-electron chi connectivity index (χ0n) is 13.6. The van der Waals surface area contributed by atoms with Crippen LogP contribution in [0, 0.1) is 0 Å². The van der Waals surface area contributed by atoms with Gasteiger partial charge in [0.2, 0.25) is 5.88 Å². The first-order chi connectivity index (χ1) is 11.6. The molecule has 2 aromatic heterocycles. The predicted octanol–water partition coefficient (Wildman–Crippen LogP) is 2.88. The van der Waals surface area contributed by atoms with Gasteiger partial charge in [0.15, 0.2) is 0 Å². The summed E-state index contributed by atoms with van der Waals surface area (Å²) in [6, 6.07) is 14.9. The number of carbonyl (C=O) groups excluding carboxylic acids is 1. The molecule has 0 spiro atoms. The minimum absolute atomic E-state index is 0.107. The summed E-state index contributed by atoms with van der Waals surface area (Å²) >= 11 is 0. The highest BCUT2D eigenvalue weighted by molar-refractivity contribution is 5.92. The van der Waals surface area contributed by atoms with E-state index < -0.39 is 0 Å². The molecule has 3 rings (SSSR count). The van der Waals surface area contributed by atoms with Crippen molar-refractivity contribution in [1.29, 1.82) is 0 Å². The number of hydrogen-bond donors (Lipinski definition) is 0. The van der Waals surface area contributed by atoms with Gasteiger partial charge in [-0.05, 0) is 24.3 Å². The van der Waals surface area contributed by atoms with E-state index in [0.717, 1.165) is 5.56 Å². The lowest BCUT2D eigenvalue weighted by atomic mass is 10.2. The van der Waals surface area contributed by atoms with Gasteiger partial charge in [0, 0.05) is 32.1 Å². The molecule has 0 radical (unpaired) electrons. The summed E-state index contributed by atoms with van der Waals surface area (Å²) in [5.41, 5.74) is 1.37. The largest absolute Gasteiger partial charge is 0.439 e. The Kier molecular flexibility index (Phi) is 4.56. The number of nitrogens with zero attached hydrogens (tertiary/aromatic N) is 4. The Labute approximate surface area is 140 Å². The van der Waals surface area contributed by atoms with E-state index in [1.165, 1.54) is 0 Å². The molecule has 0 saturated carbocycles. The molecule has 0 fully saturated rings. The van der Waals surface area contributed by atoms with Crippen LogP contribution in [0.5, 0.6) is 11.6 Å². The lowest BCUT2D eigenvalue weighted by Gasteiger charge is -2.18. The van der Waals surface area contributed by atoms with Gasteiger partial charge < -0.3 is 9.64 Å². The highest BCUT2D eigenvalue weighted by atomic mass is 16.5. The molecule has 122 valence electrons. The minimum atomic E-state index is -0.107. The van der Waals surface area contributed by atoms with Crippen LogP contribution in [-0.4, -0.2) is 32.6 Å². The summed E-state index contributed by atoms with van der Waals surface area (Å²) < 4.78 is 7.40. The van der Waals surface area contributed by atoms with Crippen molar-refractivity contribution in [3.05, 3.63) is 72.2 Å². The van der Waals surface area contributed by atoms with E-state index in [2.05, 4.69) is 10.1 Å². The van der Waals surface area contributed by atoms with Gasteiger partial charge in [0.1, 0.15) is 11.4 Å². The first-order valence-corrected chi connectivity index (χ1v) is 7.55. The SMILES string of the molecule is CN(Cc1cccnc1Oc1ccccc1)C(=O)c1ccnn1C. The molecule has 6 heteroatoms. The molecule has 3 aromatic rings. The third-order valence-electron chi connectivity index (χ3n) is 3.60. The van der Waals surface area contributed by atoms with Crippen molar-refractivity contribution in [3.8, 4) is 11.6 Å². The standard InChI is InChI=1S/C18H18N4O2/c1-21(18(23)16-10-12-20-22(16)2)13-14-7-6-11-19-17(14)24-15-8-4-3-5-9-15/h3-12H,13H2,1-2H3. The topological polar surface area (TPSA) is 60.3 Å². The van der Waals surface area contributed by atoms with Crippen molar-refractivity contribution in [3.63, 3.8) is 0 Å². The number of ether oxygens (including phenoxy) is 1. The van der Waals surface area contributed by atoms with Crippen LogP contribution in [-0.2, 0) is 13.6 Å². The molecule has 0 aliphatic carbocycles. The molecule has 6 nitrogen and oxygen atoms in total. The summed E-state index contributed by atoms with van der Waals surface area (Å²) in [7, 11) is 3.49. The second-order valence-electron chi connectivity index (χ2n) is 5.38. The number of para-hydroxylation sites is 1. The molecule has 0 bridgehead atoms. The molecule has 0 N–H and O–H groups in total. The van der Waals surface area contributed by atoms with Crippen LogP contribution in [0.2, 0.25) is 0 Å². The van der Waals surface area contributed by atoms with Gasteiger partial charge in [-0.1, -0.05) is 24.3 Å². The molecule has 0 saturated heterocycles. The van der Waals surface area contributed by atoms with Gasteiger partial charge in [-0.25, -0.2) is 4.98 Å². The van der Waals surface area contributed by atoms with Crippen molar-refractivity contribution >= 4 is 5.91 Å². The lowest BCUT2D eigenvalue weighted by molar-refractivity contribution is 0.0773. The number of pyridine rings is 1. The van der Waals surface area contributed by atoms with Gasteiger partial charge in [-0.2, -0.15) is 5.10 Å². The van der Waals surface area contributed by atoms with Crippen molar-refractivity contribution in [1.82, 2.24) is 19.7 Å². The maximum Gasteiger partial charge on any atom is 0.272 e. The zero-order chi connectivity index (χ0) is 16.9. The van der Waals surface area contributed by atoms with Crippen LogP contribution >= 0.6 is 0 Å². The monoisotopic (exact) mass is 322 g/mol. The number of amides is 1.